The van der Waals surface area contributed by atoms with Crippen LogP contribution in [0.2, 0.25) is 0 Å². The molecule has 0 unspecified atom stereocenters. The molecule has 1 amide bonds. The van der Waals surface area contributed by atoms with Crippen molar-refractivity contribution in [2.45, 2.75) is 58.8 Å². The highest BCUT2D eigenvalue weighted by Gasteiger charge is 2.34. The maximum Gasteiger partial charge on any atom is 0.303 e. The molecule has 0 saturated carbocycles. The van der Waals surface area contributed by atoms with Crippen molar-refractivity contribution in [3.63, 3.8) is 0 Å². The van der Waals surface area contributed by atoms with Crippen molar-refractivity contribution < 1.29 is 33.4 Å². The summed E-state index contributed by atoms with van der Waals surface area (Å²) in [5.41, 5.74) is 1.71. The topological polar surface area (TPSA) is 99.2 Å². The first-order valence-electron chi connectivity index (χ1n) is 11.9. The molecule has 2 aromatic rings. The highest BCUT2D eigenvalue weighted by atomic mass is 16.6. The lowest BCUT2D eigenvalue weighted by Gasteiger charge is -2.34. The molecule has 0 aromatic heterocycles. The molecular formula is C28H35NO7. The molecule has 194 valence electrons. The lowest BCUT2D eigenvalue weighted by atomic mass is 9.91. The van der Waals surface area contributed by atoms with E-state index in [1.807, 2.05) is 67.6 Å². The average Bonchev–Trinajstić information content (AvgIpc) is 2.84. The number of nitrogens with zero attached hydrogens (tertiary/aromatic N) is 1. The number of ether oxygens (including phenoxy) is 3. The molecule has 0 heterocycles. The van der Waals surface area contributed by atoms with E-state index in [4.69, 9.17) is 14.2 Å². The van der Waals surface area contributed by atoms with Crippen LogP contribution in [0.5, 0.6) is 0 Å². The zero-order valence-corrected chi connectivity index (χ0v) is 21.5. The van der Waals surface area contributed by atoms with Crippen LogP contribution in [-0.4, -0.2) is 54.5 Å². The quantitative estimate of drug-likeness (QED) is 0.324. The Kier molecular flexibility index (Phi) is 11.1. The van der Waals surface area contributed by atoms with Gasteiger partial charge in [-0.1, -0.05) is 60.7 Å². The highest BCUT2D eigenvalue weighted by molar-refractivity contribution is 5.79. The minimum absolute atomic E-state index is 0.146. The summed E-state index contributed by atoms with van der Waals surface area (Å²) in [4.78, 5) is 50.3. The Morgan fingerprint density at radius 3 is 1.89 bits per heavy atom. The molecule has 0 aliphatic rings. The highest BCUT2D eigenvalue weighted by Crippen LogP contribution is 2.27. The van der Waals surface area contributed by atoms with Crippen LogP contribution in [0.4, 0.5) is 0 Å². The smallest absolute Gasteiger partial charge is 0.303 e. The predicted octanol–water partition coefficient (Wildman–Crippen LogP) is 3.88. The SMILES string of the molecule is CC(=O)OC[C@H](C[C@H](Cc1ccccc1)C(=O)N(C)[C@@H](C)[C@@H](OC(C)=O)c1ccccc1)OC(C)=O. The first-order chi connectivity index (χ1) is 17.1. The predicted molar refractivity (Wildman–Crippen MR) is 134 cm³/mol. The van der Waals surface area contributed by atoms with Crippen LogP contribution in [0.25, 0.3) is 0 Å². The molecule has 2 rings (SSSR count). The number of likely N-dealkylation sites (N-methyl/N-ethyl adjacent to an activating group) is 1. The van der Waals surface area contributed by atoms with Crippen LogP contribution >= 0.6 is 0 Å². The van der Waals surface area contributed by atoms with Gasteiger partial charge in [0.25, 0.3) is 0 Å². The van der Waals surface area contributed by atoms with Crippen LogP contribution in [0, 0.1) is 5.92 Å². The van der Waals surface area contributed by atoms with Gasteiger partial charge in [0.1, 0.15) is 18.8 Å². The van der Waals surface area contributed by atoms with Crippen molar-refractivity contribution >= 4 is 23.8 Å². The number of esters is 3. The summed E-state index contributed by atoms with van der Waals surface area (Å²) in [6, 6.07) is 18.3. The molecule has 0 bridgehead atoms. The molecule has 0 N–H and O–H groups in total. The third-order valence-corrected chi connectivity index (χ3v) is 5.84. The van der Waals surface area contributed by atoms with Crippen LogP contribution in [0.1, 0.15) is 51.3 Å². The normalized spacial score (nSPS) is 14.0. The summed E-state index contributed by atoms with van der Waals surface area (Å²) in [5.74, 6) is -2.28. The number of amides is 1. The second-order valence-electron chi connectivity index (χ2n) is 8.79. The largest absolute Gasteiger partial charge is 0.462 e. The fraction of sp³-hybridized carbons (Fsp3) is 0.429. The Labute approximate surface area is 212 Å². The van der Waals surface area contributed by atoms with Gasteiger partial charge in [-0.05, 0) is 30.9 Å². The summed E-state index contributed by atoms with van der Waals surface area (Å²) in [6.07, 6.45) is -0.911. The van der Waals surface area contributed by atoms with Gasteiger partial charge in [0.05, 0.1) is 6.04 Å². The van der Waals surface area contributed by atoms with E-state index in [0.29, 0.717) is 6.42 Å². The Morgan fingerprint density at radius 1 is 0.806 bits per heavy atom. The van der Waals surface area contributed by atoms with Gasteiger partial charge < -0.3 is 19.1 Å². The third kappa shape index (κ3) is 9.17. The van der Waals surface area contributed by atoms with E-state index in [9.17, 15) is 19.2 Å². The number of hydrogen-bond acceptors (Lipinski definition) is 7. The summed E-state index contributed by atoms with van der Waals surface area (Å²) in [5, 5.41) is 0. The Bertz CT molecular complexity index is 1010. The van der Waals surface area contributed by atoms with E-state index in [-0.39, 0.29) is 18.9 Å². The third-order valence-electron chi connectivity index (χ3n) is 5.84. The fourth-order valence-electron chi connectivity index (χ4n) is 4.04. The lowest BCUT2D eigenvalue weighted by molar-refractivity contribution is -0.159. The molecule has 0 aliphatic carbocycles. The summed E-state index contributed by atoms with van der Waals surface area (Å²) in [7, 11) is 1.66. The molecule has 0 fully saturated rings. The van der Waals surface area contributed by atoms with Crippen molar-refractivity contribution in [2.75, 3.05) is 13.7 Å². The maximum atomic E-state index is 13.8. The first kappa shape index (κ1) is 28.6. The molecule has 0 aliphatic heterocycles. The van der Waals surface area contributed by atoms with Crippen molar-refractivity contribution in [3.05, 3.63) is 71.8 Å². The van der Waals surface area contributed by atoms with E-state index in [1.165, 1.54) is 20.8 Å². The van der Waals surface area contributed by atoms with Crippen LogP contribution in [0.3, 0.4) is 0 Å². The van der Waals surface area contributed by atoms with Gasteiger partial charge in [-0.25, -0.2) is 0 Å². The monoisotopic (exact) mass is 497 g/mol. The van der Waals surface area contributed by atoms with Crippen molar-refractivity contribution in [2.24, 2.45) is 5.92 Å². The second-order valence-corrected chi connectivity index (χ2v) is 8.79. The maximum absolute atomic E-state index is 13.8. The summed E-state index contributed by atoms with van der Waals surface area (Å²) < 4.78 is 16.1. The molecule has 8 heteroatoms. The average molecular weight is 498 g/mol. The number of rotatable bonds is 12. The van der Waals surface area contributed by atoms with E-state index in [2.05, 4.69) is 0 Å². The molecular weight excluding hydrogens is 462 g/mol. The molecule has 36 heavy (non-hydrogen) atoms. The van der Waals surface area contributed by atoms with Crippen LogP contribution < -0.4 is 0 Å². The van der Waals surface area contributed by atoms with Crippen LogP contribution in [-0.2, 0) is 39.8 Å². The van der Waals surface area contributed by atoms with E-state index in [0.717, 1.165) is 11.1 Å². The molecule has 0 radical (unpaired) electrons. The van der Waals surface area contributed by atoms with E-state index in [1.54, 1.807) is 11.9 Å². The molecule has 0 spiro atoms. The Balaban J connectivity index is 2.32. The number of carbonyl (C=O) groups is 4. The van der Waals surface area contributed by atoms with Gasteiger partial charge >= 0.3 is 17.9 Å². The minimum Gasteiger partial charge on any atom is -0.462 e. The van der Waals surface area contributed by atoms with Crippen molar-refractivity contribution in [1.82, 2.24) is 4.90 Å². The second kappa shape index (κ2) is 14.0. The standard InChI is InChI=1S/C28H35NO7/c1-19(27(36-22(4)32)24-14-10-7-11-15-24)29(5)28(33)25(16-23-12-8-6-9-13-23)17-26(35-21(3)31)18-34-20(2)30/h6-15,19,25-27H,16-18H2,1-5H3/t19-,25-,26-,27+/m0/s1. The van der Waals surface area contributed by atoms with Crippen molar-refractivity contribution in [1.29, 1.82) is 0 Å². The summed E-state index contributed by atoms with van der Waals surface area (Å²) in [6.45, 7) is 5.55. The zero-order chi connectivity index (χ0) is 26.7. The number of hydrogen-bond donors (Lipinski definition) is 0. The Morgan fingerprint density at radius 2 is 1.36 bits per heavy atom. The number of carbonyl (C=O) groups excluding carboxylic acids is 4. The Hall–Kier alpha value is -3.68. The van der Waals surface area contributed by atoms with Gasteiger partial charge in [-0.15, -0.1) is 0 Å². The van der Waals surface area contributed by atoms with E-state index >= 15 is 0 Å². The van der Waals surface area contributed by atoms with E-state index < -0.39 is 42.1 Å². The van der Waals surface area contributed by atoms with Gasteiger partial charge in [0, 0.05) is 33.7 Å². The van der Waals surface area contributed by atoms with Crippen molar-refractivity contribution in [3.8, 4) is 0 Å². The van der Waals surface area contributed by atoms with Gasteiger partial charge in [-0.3, -0.25) is 19.2 Å². The molecule has 4 atom stereocenters. The minimum atomic E-state index is -0.786. The van der Waals surface area contributed by atoms with Gasteiger partial charge in [0.15, 0.2) is 0 Å². The molecule has 0 saturated heterocycles. The van der Waals surface area contributed by atoms with Gasteiger partial charge in [-0.2, -0.15) is 0 Å². The lowest BCUT2D eigenvalue weighted by Crippen LogP contribution is -2.45. The molecule has 2 aromatic carbocycles. The molecule has 8 nitrogen and oxygen atoms in total. The zero-order valence-electron chi connectivity index (χ0n) is 21.5. The van der Waals surface area contributed by atoms with Gasteiger partial charge in [0.2, 0.25) is 5.91 Å². The first-order valence-corrected chi connectivity index (χ1v) is 11.9. The fourth-order valence-corrected chi connectivity index (χ4v) is 4.04. The number of benzene rings is 2. The summed E-state index contributed by atoms with van der Waals surface area (Å²) >= 11 is 0. The van der Waals surface area contributed by atoms with Crippen LogP contribution in [0.15, 0.2) is 60.7 Å².